The van der Waals surface area contributed by atoms with E-state index >= 15 is 0 Å². The first-order valence-electron chi connectivity index (χ1n) is 20.1. The molecule has 0 bridgehead atoms. The number of nitrogens with zero attached hydrogens (tertiary/aromatic N) is 1. The first kappa shape index (κ1) is 42.8. The van der Waals surface area contributed by atoms with Crippen LogP contribution in [0.5, 0.6) is 0 Å². The van der Waals surface area contributed by atoms with Gasteiger partial charge in [0.2, 0.25) is 17.6 Å². The van der Waals surface area contributed by atoms with Gasteiger partial charge in [0, 0.05) is 13.1 Å². The molecule has 0 aromatic heterocycles. The largest absolute Gasteiger partial charge is 0.346 e. The Morgan fingerprint density at radius 2 is 1.49 bits per heavy atom. The molecule has 13 heteroatoms. The van der Waals surface area contributed by atoms with Crippen LogP contribution in [0.1, 0.15) is 138 Å². The van der Waals surface area contributed by atoms with Crippen molar-refractivity contribution < 1.29 is 32.4 Å². The molecule has 1 heterocycles. The highest BCUT2D eigenvalue weighted by Gasteiger charge is 2.50. The first-order chi connectivity index (χ1) is 24.8. The number of likely N-dealkylation sites (tertiary alicyclic amines) is 1. The number of hydrogen-bond acceptors (Lipinski definition) is 7. The van der Waals surface area contributed by atoms with Crippen molar-refractivity contribution in [3.05, 3.63) is 12.7 Å². The van der Waals surface area contributed by atoms with Gasteiger partial charge in [0.25, 0.3) is 5.91 Å². The SMILES string of the molecule is C=CCNC(=O)C(=O)C(CC1CC1)NC(=O)C1CC(CC(C)C)CN1C(=O)C(NC(=O)NC1(CS(=O)(=O)C(C)(C)C)CCCCC1)C1(C)CCCCC1. The number of carbonyl (C=O) groups is 5. The normalized spacial score (nSPS) is 24.1. The lowest BCUT2D eigenvalue weighted by molar-refractivity contribution is -0.144. The van der Waals surface area contributed by atoms with Crippen LogP contribution in [0, 0.1) is 23.2 Å². The molecule has 0 spiro atoms. The monoisotopic (exact) mass is 761 g/mol. The number of hydrogen-bond donors (Lipinski definition) is 4. The van der Waals surface area contributed by atoms with Gasteiger partial charge in [0.15, 0.2) is 9.84 Å². The molecule has 4 atom stereocenters. The molecule has 4 rings (SSSR count). The molecule has 0 radical (unpaired) electrons. The van der Waals surface area contributed by atoms with Gasteiger partial charge in [-0.15, -0.1) is 6.58 Å². The minimum Gasteiger partial charge on any atom is -0.346 e. The molecule has 3 saturated carbocycles. The van der Waals surface area contributed by atoms with Crippen LogP contribution in [0.15, 0.2) is 12.7 Å². The average molecular weight is 762 g/mol. The fraction of sp³-hybridized carbons (Fsp3) is 0.825. The van der Waals surface area contributed by atoms with E-state index in [0.717, 1.165) is 57.8 Å². The lowest BCUT2D eigenvalue weighted by atomic mass is 9.70. The minimum absolute atomic E-state index is 0.0323. The van der Waals surface area contributed by atoms with Crippen LogP contribution < -0.4 is 21.3 Å². The van der Waals surface area contributed by atoms with Gasteiger partial charge in [-0.3, -0.25) is 19.2 Å². The Labute approximate surface area is 318 Å². The molecular formula is C40H67N5O7S. The Morgan fingerprint density at radius 3 is 2.04 bits per heavy atom. The summed E-state index contributed by atoms with van der Waals surface area (Å²) in [6.45, 7) is 15.3. The van der Waals surface area contributed by atoms with Gasteiger partial charge in [-0.1, -0.05) is 78.2 Å². The van der Waals surface area contributed by atoms with Crippen LogP contribution in [0.4, 0.5) is 4.79 Å². The van der Waals surface area contributed by atoms with Crippen LogP contribution in [0.25, 0.3) is 0 Å². The summed E-state index contributed by atoms with van der Waals surface area (Å²) in [5, 5.41) is 11.6. The maximum Gasteiger partial charge on any atom is 0.315 e. The number of sulfone groups is 1. The lowest BCUT2D eigenvalue weighted by Gasteiger charge is -2.44. The Hall–Kier alpha value is -2.96. The van der Waals surface area contributed by atoms with Crippen molar-refractivity contribution in [1.29, 1.82) is 0 Å². The molecule has 1 saturated heterocycles. The van der Waals surface area contributed by atoms with E-state index < -0.39 is 67.3 Å². The van der Waals surface area contributed by atoms with E-state index in [1.165, 1.54) is 6.08 Å². The van der Waals surface area contributed by atoms with E-state index in [4.69, 9.17) is 0 Å². The van der Waals surface area contributed by atoms with Gasteiger partial charge >= 0.3 is 6.03 Å². The molecule has 4 unspecified atom stereocenters. The van der Waals surface area contributed by atoms with E-state index in [9.17, 15) is 32.4 Å². The van der Waals surface area contributed by atoms with Gasteiger partial charge in [-0.05, 0) is 88.9 Å². The summed E-state index contributed by atoms with van der Waals surface area (Å²) < 4.78 is 25.9. The molecule has 1 aliphatic heterocycles. The maximum atomic E-state index is 15.0. The number of Topliss-reactive ketones (excluding diaryl/α,β-unsaturated/α-hetero) is 1. The Bertz CT molecular complexity index is 1460. The second kappa shape index (κ2) is 17.7. The quantitative estimate of drug-likeness (QED) is 0.127. The second-order valence-corrected chi connectivity index (χ2v) is 21.0. The maximum absolute atomic E-state index is 15.0. The highest BCUT2D eigenvalue weighted by Crippen LogP contribution is 2.41. The minimum atomic E-state index is -3.57. The standard InChI is InChI=1S/C40H67N5O7S/c1-8-21-41-35(48)32(46)30(23-28-15-16-28)42-34(47)31-24-29(22-27(2)3)25-45(31)36(49)33(39(7)17-11-9-12-18-39)43-37(50)44-40(19-13-10-14-20-40)26-53(51,52)38(4,5)6/h8,27-31,33H,1,9-26H2,2-7H3,(H,41,48)(H,42,47)(H2,43,44,50). The van der Waals surface area contributed by atoms with Gasteiger partial charge in [0.05, 0.1) is 22.1 Å². The second-order valence-electron chi connectivity index (χ2n) is 18.3. The number of carbonyl (C=O) groups excluding carboxylic acids is 5. The summed E-state index contributed by atoms with van der Waals surface area (Å²) in [5.74, 6) is -1.87. The summed E-state index contributed by atoms with van der Waals surface area (Å²) in [6.07, 6.45) is 12.8. The number of urea groups is 1. The zero-order chi connectivity index (χ0) is 39.2. The van der Waals surface area contributed by atoms with Crippen molar-refractivity contribution in [3.63, 3.8) is 0 Å². The van der Waals surface area contributed by atoms with Crippen molar-refractivity contribution in [2.75, 3.05) is 18.8 Å². The van der Waals surface area contributed by atoms with Crippen molar-refractivity contribution >= 4 is 39.4 Å². The third kappa shape index (κ3) is 11.3. The fourth-order valence-corrected chi connectivity index (χ4v) is 10.2. The summed E-state index contributed by atoms with van der Waals surface area (Å²) in [4.78, 5) is 70.8. The van der Waals surface area contributed by atoms with Crippen LogP contribution in [0.3, 0.4) is 0 Å². The number of ketones is 1. The molecule has 5 amide bonds. The van der Waals surface area contributed by atoms with E-state index in [1.54, 1.807) is 25.7 Å². The molecule has 0 aromatic carbocycles. The van der Waals surface area contributed by atoms with Crippen molar-refractivity contribution in [3.8, 4) is 0 Å². The van der Waals surface area contributed by atoms with Gasteiger partial charge in [0.1, 0.15) is 12.1 Å². The summed E-state index contributed by atoms with van der Waals surface area (Å²) in [5.41, 5.74) is -1.54. The third-order valence-corrected chi connectivity index (χ3v) is 14.9. The van der Waals surface area contributed by atoms with Crippen molar-refractivity contribution in [1.82, 2.24) is 26.2 Å². The van der Waals surface area contributed by atoms with Gasteiger partial charge in [-0.25, -0.2) is 13.2 Å². The Kier molecular flexibility index (Phi) is 14.3. The highest BCUT2D eigenvalue weighted by molar-refractivity contribution is 7.92. The predicted octanol–water partition coefficient (Wildman–Crippen LogP) is 4.96. The lowest BCUT2D eigenvalue weighted by Crippen LogP contribution is -2.64. The number of amides is 5. The van der Waals surface area contributed by atoms with E-state index in [1.807, 2.05) is 6.92 Å². The highest BCUT2D eigenvalue weighted by atomic mass is 32.2. The Morgan fingerprint density at radius 1 is 0.887 bits per heavy atom. The van der Waals surface area contributed by atoms with Crippen LogP contribution in [-0.4, -0.2) is 90.1 Å². The summed E-state index contributed by atoms with van der Waals surface area (Å²) in [6, 6.07) is -3.41. The molecule has 300 valence electrons. The molecule has 53 heavy (non-hydrogen) atoms. The van der Waals surface area contributed by atoms with E-state index in [-0.39, 0.29) is 30.0 Å². The molecule has 4 N–H and O–H groups in total. The molecule has 4 aliphatic rings. The first-order valence-corrected chi connectivity index (χ1v) is 21.8. The number of nitrogens with one attached hydrogen (secondary N) is 4. The summed E-state index contributed by atoms with van der Waals surface area (Å²) in [7, 11) is -3.57. The molecule has 4 fully saturated rings. The fourth-order valence-electron chi connectivity index (χ4n) is 8.72. The van der Waals surface area contributed by atoms with Gasteiger partial charge < -0.3 is 26.2 Å². The molecular weight excluding hydrogens is 695 g/mol. The van der Waals surface area contributed by atoms with Crippen molar-refractivity contribution in [2.45, 2.75) is 166 Å². The topological polar surface area (TPSA) is 171 Å². The molecule has 3 aliphatic carbocycles. The molecule has 0 aromatic rings. The zero-order valence-electron chi connectivity index (χ0n) is 33.2. The smallest absolute Gasteiger partial charge is 0.315 e. The van der Waals surface area contributed by atoms with Crippen molar-refractivity contribution in [2.24, 2.45) is 23.2 Å². The van der Waals surface area contributed by atoms with E-state index in [2.05, 4.69) is 41.7 Å². The van der Waals surface area contributed by atoms with E-state index in [0.29, 0.717) is 51.0 Å². The molecule has 12 nitrogen and oxygen atoms in total. The number of rotatable bonds is 16. The van der Waals surface area contributed by atoms with Crippen LogP contribution >= 0.6 is 0 Å². The predicted molar refractivity (Wildman–Crippen MR) is 207 cm³/mol. The van der Waals surface area contributed by atoms with Crippen LogP contribution in [0.2, 0.25) is 0 Å². The van der Waals surface area contributed by atoms with Gasteiger partial charge in [-0.2, -0.15) is 0 Å². The average Bonchev–Trinajstić information content (AvgIpc) is 3.80. The van der Waals surface area contributed by atoms with Crippen LogP contribution in [-0.2, 0) is 29.0 Å². The third-order valence-electron chi connectivity index (χ3n) is 12.1. The Balaban J connectivity index is 1.62. The summed E-state index contributed by atoms with van der Waals surface area (Å²) >= 11 is 0. The zero-order valence-corrected chi connectivity index (χ0v) is 34.0.